The van der Waals surface area contributed by atoms with E-state index in [0.29, 0.717) is 38.8 Å². The summed E-state index contributed by atoms with van der Waals surface area (Å²) in [6.45, 7) is 12.5. The van der Waals surface area contributed by atoms with Gasteiger partial charge in [-0.1, -0.05) is 35.9 Å². The number of aliphatic imine (C=N–C) groups is 1. The fraction of sp³-hybridized carbons (Fsp3) is 0.286. The maximum absolute atomic E-state index is 13.3. The molecule has 0 saturated carbocycles. The van der Waals surface area contributed by atoms with E-state index in [1.54, 1.807) is 44.2 Å². The van der Waals surface area contributed by atoms with Gasteiger partial charge in [0.25, 0.3) is 5.89 Å². The van der Waals surface area contributed by atoms with Crippen LogP contribution in [0.1, 0.15) is 25.6 Å². The molecule has 0 fully saturated rings. The highest BCUT2D eigenvalue weighted by molar-refractivity contribution is 8.02. The van der Waals surface area contributed by atoms with Crippen LogP contribution < -0.4 is 5.73 Å². The van der Waals surface area contributed by atoms with Gasteiger partial charge in [0.2, 0.25) is 5.89 Å². The van der Waals surface area contributed by atoms with Crippen LogP contribution in [0, 0.1) is 6.57 Å². The Morgan fingerprint density at radius 3 is 2.52 bits per heavy atom. The van der Waals surface area contributed by atoms with Crippen LogP contribution in [-0.4, -0.2) is 36.6 Å². The van der Waals surface area contributed by atoms with E-state index in [9.17, 15) is 4.21 Å². The smallest absolute Gasteiger partial charge is 0.258 e. The lowest BCUT2D eigenvalue weighted by Gasteiger charge is -2.40. The van der Waals surface area contributed by atoms with E-state index in [1.807, 2.05) is 6.92 Å². The second-order valence-corrected chi connectivity index (χ2v) is 12.5. The average Bonchev–Trinajstić information content (AvgIpc) is 3.33. The van der Waals surface area contributed by atoms with E-state index in [2.05, 4.69) is 25.9 Å². The SMILES string of the molecule is [C-]#[N+]c1ccc(-c2nnc(-c3cc(Cl)c([C@]4(C)CS(=C)(=O)C(C)(C)C(N)=N4)s3)o2)cc1. The quantitative estimate of drug-likeness (QED) is 0.437. The third-order valence-electron chi connectivity index (χ3n) is 5.48. The van der Waals surface area contributed by atoms with Crippen molar-refractivity contribution >= 4 is 49.9 Å². The Balaban J connectivity index is 1.71. The van der Waals surface area contributed by atoms with Gasteiger partial charge >= 0.3 is 0 Å². The fourth-order valence-electron chi connectivity index (χ4n) is 3.33. The van der Waals surface area contributed by atoms with Crippen molar-refractivity contribution in [2.75, 3.05) is 5.75 Å². The molecule has 2 N–H and O–H groups in total. The van der Waals surface area contributed by atoms with Crippen LogP contribution in [0.3, 0.4) is 0 Å². The molecule has 0 saturated heterocycles. The molecular formula is C21H20ClN5O2S2. The van der Waals surface area contributed by atoms with E-state index in [1.165, 1.54) is 11.3 Å². The van der Waals surface area contributed by atoms with Crippen LogP contribution in [-0.2, 0) is 15.1 Å². The monoisotopic (exact) mass is 473 g/mol. The van der Waals surface area contributed by atoms with Gasteiger partial charge in [-0.15, -0.1) is 21.5 Å². The van der Waals surface area contributed by atoms with Gasteiger partial charge in [-0.25, -0.2) is 4.85 Å². The van der Waals surface area contributed by atoms with Crippen LogP contribution in [0.25, 0.3) is 27.1 Å². The number of nitrogens with two attached hydrogens (primary N) is 1. The standard InChI is InChI=1S/C21H20ClN5O2S2/c1-20(2)19(23)25-21(3,11-31(20,5)28)16-14(22)10-15(30-16)18-27-26-17(29-18)12-6-8-13(24-4)9-7-12/h6-10H,5,11H2,1-3H3,(H2,23,25)/t21-,31?/m0/s1. The summed E-state index contributed by atoms with van der Waals surface area (Å²) in [4.78, 5) is 9.45. The highest BCUT2D eigenvalue weighted by Crippen LogP contribution is 2.45. The number of thiophene rings is 1. The highest BCUT2D eigenvalue weighted by atomic mass is 35.5. The molecule has 0 aliphatic carbocycles. The first-order valence-corrected chi connectivity index (χ1v) is 12.4. The molecule has 2 aromatic heterocycles. The van der Waals surface area contributed by atoms with Crippen molar-refractivity contribution in [1.29, 1.82) is 0 Å². The minimum absolute atomic E-state index is 0.232. The van der Waals surface area contributed by atoms with Gasteiger partial charge in [0.05, 0.1) is 26.1 Å². The third kappa shape index (κ3) is 3.55. The number of benzene rings is 1. The Kier molecular flexibility index (Phi) is 5.00. The Morgan fingerprint density at radius 1 is 1.26 bits per heavy atom. The predicted octanol–water partition coefficient (Wildman–Crippen LogP) is 4.75. The van der Waals surface area contributed by atoms with Crippen LogP contribution in [0.4, 0.5) is 5.69 Å². The molecule has 160 valence electrons. The molecule has 2 atom stereocenters. The lowest BCUT2D eigenvalue weighted by molar-refractivity contribution is 0.543. The molecule has 7 nitrogen and oxygen atoms in total. The molecule has 31 heavy (non-hydrogen) atoms. The summed E-state index contributed by atoms with van der Waals surface area (Å²) in [7, 11) is -2.56. The number of nitrogens with zero attached hydrogens (tertiary/aromatic N) is 4. The summed E-state index contributed by atoms with van der Waals surface area (Å²) in [5.74, 6) is 5.15. The lowest BCUT2D eigenvalue weighted by atomic mass is 10.0. The molecule has 0 amide bonds. The van der Waals surface area contributed by atoms with Crippen molar-refractivity contribution in [1.82, 2.24) is 10.2 Å². The molecule has 3 aromatic rings. The molecule has 0 spiro atoms. The fourth-order valence-corrected chi connectivity index (χ4v) is 6.88. The van der Waals surface area contributed by atoms with E-state index in [-0.39, 0.29) is 5.75 Å². The highest BCUT2D eigenvalue weighted by Gasteiger charge is 2.46. The molecule has 3 heterocycles. The number of rotatable bonds is 3. The first-order valence-electron chi connectivity index (χ1n) is 9.29. The Morgan fingerprint density at radius 2 is 1.90 bits per heavy atom. The summed E-state index contributed by atoms with van der Waals surface area (Å²) >= 11 is 7.91. The predicted molar refractivity (Wildman–Crippen MR) is 128 cm³/mol. The van der Waals surface area contributed by atoms with Gasteiger partial charge in [0, 0.05) is 11.3 Å². The van der Waals surface area contributed by atoms with Gasteiger partial charge in [-0.3, -0.25) is 9.20 Å². The maximum Gasteiger partial charge on any atom is 0.258 e. The van der Waals surface area contributed by atoms with E-state index in [0.717, 1.165) is 4.88 Å². The first kappa shape index (κ1) is 21.6. The van der Waals surface area contributed by atoms with Crippen LogP contribution in [0.2, 0.25) is 5.02 Å². The van der Waals surface area contributed by atoms with Gasteiger partial charge < -0.3 is 10.2 Å². The van der Waals surface area contributed by atoms with E-state index >= 15 is 0 Å². The third-order valence-corrected chi connectivity index (χ3v) is 10.4. The van der Waals surface area contributed by atoms with Crippen molar-refractivity contribution in [2.24, 2.45) is 10.7 Å². The van der Waals surface area contributed by atoms with E-state index in [4.69, 9.17) is 28.3 Å². The first-order chi connectivity index (χ1) is 14.5. The Labute approximate surface area is 189 Å². The molecule has 1 aliphatic rings. The van der Waals surface area contributed by atoms with Gasteiger partial charge in [0.1, 0.15) is 11.4 Å². The zero-order valence-electron chi connectivity index (χ0n) is 17.2. The molecule has 1 aromatic carbocycles. The molecule has 0 bridgehead atoms. The van der Waals surface area contributed by atoms with Crippen molar-refractivity contribution in [3.8, 4) is 22.2 Å². The summed E-state index contributed by atoms with van der Waals surface area (Å²) in [5, 5.41) is 8.71. The molecule has 0 radical (unpaired) electrons. The van der Waals surface area contributed by atoms with Gasteiger partial charge in [-0.05, 0) is 42.2 Å². The summed E-state index contributed by atoms with van der Waals surface area (Å²) in [6.07, 6.45) is 0. The topological polar surface area (TPSA) is 98.7 Å². The van der Waals surface area contributed by atoms with Crippen molar-refractivity contribution in [2.45, 2.75) is 31.1 Å². The van der Waals surface area contributed by atoms with Crippen molar-refractivity contribution in [3.05, 3.63) is 51.6 Å². The second kappa shape index (κ2) is 7.19. The maximum atomic E-state index is 13.3. The molecule has 10 heteroatoms. The Bertz CT molecular complexity index is 1350. The number of aromatic nitrogens is 2. The zero-order valence-corrected chi connectivity index (χ0v) is 19.6. The number of hydrogen-bond acceptors (Lipinski definition) is 7. The van der Waals surface area contributed by atoms with Crippen LogP contribution in [0.15, 0.2) is 39.7 Å². The largest absolute Gasteiger partial charge is 0.415 e. The van der Waals surface area contributed by atoms with Crippen LogP contribution in [0.5, 0.6) is 0 Å². The minimum atomic E-state index is -2.56. The Hall–Kier alpha value is -2.67. The summed E-state index contributed by atoms with van der Waals surface area (Å²) < 4.78 is 18.3. The lowest BCUT2D eigenvalue weighted by Crippen LogP contribution is -2.54. The minimum Gasteiger partial charge on any atom is -0.415 e. The van der Waals surface area contributed by atoms with Crippen LogP contribution >= 0.6 is 22.9 Å². The average molecular weight is 474 g/mol. The van der Waals surface area contributed by atoms with Crippen molar-refractivity contribution < 1.29 is 8.63 Å². The van der Waals surface area contributed by atoms with E-state index < -0.39 is 19.8 Å². The number of amidine groups is 1. The number of halogens is 1. The molecule has 1 unspecified atom stereocenters. The molecule has 1 aliphatic heterocycles. The number of hydrogen-bond donors (Lipinski definition) is 1. The summed E-state index contributed by atoms with van der Waals surface area (Å²) in [5.41, 5.74) is 6.57. The van der Waals surface area contributed by atoms with Gasteiger partial charge in [-0.2, -0.15) is 0 Å². The van der Waals surface area contributed by atoms with Gasteiger partial charge in [0.15, 0.2) is 5.69 Å². The molecule has 4 rings (SSSR count). The summed E-state index contributed by atoms with van der Waals surface area (Å²) in [6, 6.07) is 8.63. The molecular weight excluding hydrogens is 454 g/mol. The normalized spacial score (nSPS) is 25.1. The second-order valence-electron chi connectivity index (χ2n) is 8.10. The van der Waals surface area contributed by atoms with Crippen molar-refractivity contribution in [3.63, 3.8) is 0 Å². The zero-order chi connectivity index (χ0) is 22.6.